The summed E-state index contributed by atoms with van der Waals surface area (Å²) in [6.45, 7) is 0.563. The van der Waals surface area contributed by atoms with Crippen LogP contribution in [0.1, 0.15) is 0 Å². The van der Waals surface area contributed by atoms with Gasteiger partial charge in [-0.2, -0.15) is 5.26 Å². The summed E-state index contributed by atoms with van der Waals surface area (Å²) in [6.07, 6.45) is -0.361. The van der Waals surface area contributed by atoms with E-state index in [1.54, 1.807) is 0 Å². The molecule has 1 heterocycles. The second kappa shape index (κ2) is 2.74. The van der Waals surface area contributed by atoms with Gasteiger partial charge in [0.1, 0.15) is 11.8 Å². The number of nitrogens with one attached hydrogen (secondary N) is 1. The number of anilines is 1. The van der Waals surface area contributed by atoms with E-state index in [1.807, 2.05) is 24.3 Å². The van der Waals surface area contributed by atoms with Gasteiger partial charge in [-0.15, -0.1) is 0 Å². The summed E-state index contributed by atoms with van der Waals surface area (Å²) in [6, 6.07) is 9.67. The molecular weight excluding hydrogens is 152 g/mol. The minimum Gasteiger partial charge on any atom is -0.472 e. The van der Waals surface area contributed by atoms with Crippen molar-refractivity contribution in [2.45, 2.75) is 6.10 Å². The quantitative estimate of drug-likeness (QED) is 0.623. The Kier molecular flexibility index (Phi) is 1.60. The van der Waals surface area contributed by atoms with E-state index >= 15 is 0 Å². The fourth-order valence-electron chi connectivity index (χ4n) is 1.19. The van der Waals surface area contributed by atoms with Crippen molar-refractivity contribution in [1.82, 2.24) is 0 Å². The van der Waals surface area contributed by atoms with Crippen molar-refractivity contribution in [3.8, 4) is 11.8 Å². The summed E-state index contributed by atoms with van der Waals surface area (Å²) in [5.74, 6) is 0.760. The van der Waals surface area contributed by atoms with Crippen molar-refractivity contribution in [1.29, 1.82) is 5.26 Å². The SMILES string of the molecule is N#C[C@@H]1CNc2ccccc2O1. The zero-order chi connectivity index (χ0) is 8.39. The Morgan fingerprint density at radius 3 is 3.17 bits per heavy atom. The highest BCUT2D eigenvalue weighted by atomic mass is 16.5. The minimum atomic E-state index is -0.361. The summed E-state index contributed by atoms with van der Waals surface area (Å²) >= 11 is 0. The largest absolute Gasteiger partial charge is 0.472 e. The molecule has 0 aromatic heterocycles. The van der Waals surface area contributed by atoms with E-state index in [4.69, 9.17) is 10.00 Å². The van der Waals surface area contributed by atoms with Crippen LogP contribution in [0.4, 0.5) is 5.69 Å². The summed E-state index contributed by atoms with van der Waals surface area (Å²) in [5, 5.41) is 11.7. The Hall–Kier alpha value is -1.69. The normalized spacial score (nSPS) is 19.8. The molecule has 1 N–H and O–H groups in total. The van der Waals surface area contributed by atoms with Gasteiger partial charge < -0.3 is 10.1 Å². The summed E-state index contributed by atoms with van der Waals surface area (Å²) in [7, 11) is 0. The maximum atomic E-state index is 8.60. The maximum absolute atomic E-state index is 8.60. The third-order valence-corrected chi connectivity index (χ3v) is 1.78. The van der Waals surface area contributed by atoms with Gasteiger partial charge in [0.2, 0.25) is 6.10 Å². The standard InChI is InChI=1S/C9H8N2O/c10-5-7-6-11-8-3-1-2-4-9(8)12-7/h1-4,7,11H,6H2/t7-/m1/s1. The van der Waals surface area contributed by atoms with Gasteiger partial charge in [0.15, 0.2) is 0 Å². The zero-order valence-corrected chi connectivity index (χ0v) is 6.45. The molecule has 12 heavy (non-hydrogen) atoms. The summed E-state index contributed by atoms with van der Waals surface area (Å²) in [4.78, 5) is 0. The van der Waals surface area contributed by atoms with Crippen molar-refractivity contribution >= 4 is 5.69 Å². The third-order valence-electron chi connectivity index (χ3n) is 1.78. The highest BCUT2D eigenvalue weighted by Gasteiger charge is 2.16. The number of rotatable bonds is 0. The van der Waals surface area contributed by atoms with Gasteiger partial charge in [0, 0.05) is 0 Å². The maximum Gasteiger partial charge on any atom is 0.201 e. The second-order valence-corrected chi connectivity index (χ2v) is 2.61. The third kappa shape index (κ3) is 1.08. The smallest absolute Gasteiger partial charge is 0.201 e. The molecule has 3 nitrogen and oxygen atoms in total. The first kappa shape index (κ1) is 6.99. The number of nitriles is 1. The number of hydrogen-bond acceptors (Lipinski definition) is 3. The lowest BCUT2D eigenvalue weighted by atomic mass is 10.2. The number of nitrogens with zero attached hydrogens (tertiary/aromatic N) is 1. The van der Waals surface area contributed by atoms with Crippen molar-refractivity contribution in [2.24, 2.45) is 0 Å². The first-order valence-corrected chi connectivity index (χ1v) is 3.79. The summed E-state index contributed by atoms with van der Waals surface area (Å²) < 4.78 is 5.36. The van der Waals surface area contributed by atoms with Gasteiger partial charge in [0.05, 0.1) is 12.2 Å². The van der Waals surface area contributed by atoms with E-state index in [9.17, 15) is 0 Å². The molecule has 1 aliphatic rings. The molecule has 1 aliphatic heterocycles. The molecule has 0 aliphatic carbocycles. The molecular formula is C9H8N2O. The van der Waals surface area contributed by atoms with Crippen LogP contribution in [-0.2, 0) is 0 Å². The van der Waals surface area contributed by atoms with Gasteiger partial charge in [-0.1, -0.05) is 12.1 Å². The molecule has 0 saturated heterocycles. The predicted octanol–water partition coefficient (Wildman–Crippen LogP) is 1.38. The molecule has 1 aromatic carbocycles. The molecule has 2 rings (SSSR count). The summed E-state index contributed by atoms with van der Waals surface area (Å²) in [5.41, 5.74) is 0.962. The van der Waals surface area contributed by atoms with E-state index in [0.717, 1.165) is 11.4 Å². The fourth-order valence-corrected chi connectivity index (χ4v) is 1.19. The van der Waals surface area contributed by atoms with Crippen LogP contribution in [0.2, 0.25) is 0 Å². The van der Waals surface area contributed by atoms with Crippen LogP contribution < -0.4 is 10.1 Å². The van der Waals surface area contributed by atoms with Crippen molar-refractivity contribution < 1.29 is 4.74 Å². The Morgan fingerprint density at radius 1 is 1.50 bits per heavy atom. The molecule has 0 bridgehead atoms. The lowest BCUT2D eigenvalue weighted by Gasteiger charge is -2.22. The van der Waals surface area contributed by atoms with Crippen LogP contribution in [0.15, 0.2) is 24.3 Å². The molecule has 1 aromatic rings. The van der Waals surface area contributed by atoms with Gasteiger partial charge in [-0.25, -0.2) is 0 Å². The van der Waals surface area contributed by atoms with Crippen LogP contribution in [0.3, 0.4) is 0 Å². The van der Waals surface area contributed by atoms with E-state index in [-0.39, 0.29) is 6.10 Å². The average molecular weight is 160 g/mol. The van der Waals surface area contributed by atoms with Crippen LogP contribution in [-0.4, -0.2) is 12.6 Å². The fraction of sp³-hybridized carbons (Fsp3) is 0.222. The molecule has 0 amide bonds. The molecule has 0 saturated carbocycles. The lowest BCUT2D eigenvalue weighted by Crippen LogP contribution is -2.28. The number of hydrogen-bond donors (Lipinski definition) is 1. The van der Waals surface area contributed by atoms with Gasteiger partial charge in [0.25, 0.3) is 0 Å². The molecule has 3 heteroatoms. The van der Waals surface area contributed by atoms with Crippen molar-refractivity contribution in [3.63, 3.8) is 0 Å². The van der Waals surface area contributed by atoms with Crippen LogP contribution >= 0.6 is 0 Å². The van der Waals surface area contributed by atoms with E-state index in [0.29, 0.717) is 6.54 Å². The molecule has 0 spiro atoms. The second-order valence-electron chi connectivity index (χ2n) is 2.61. The van der Waals surface area contributed by atoms with Crippen molar-refractivity contribution in [2.75, 3.05) is 11.9 Å². The first-order valence-electron chi connectivity index (χ1n) is 3.79. The van der Waals surface area contributed by atoms with Crippen LogP contribution in [0, 0.1) is 11.3 Å². The van der Waals surface area contributed by atoms with Crippen LogP contribution in [0.5, 0.6) is 5.75 Å². The van der Waals surface area contributed by atoms with E-state index in [2.05, 4.69) is 11.4 Å². The van der Waals surface area contributed by atoms with Crippen LogP contribution in [0.25, 0.3) is 0 Å². The molecule has 0 unspecified atom stereocenters. The number of benzene rings is 1. The topological polar surface area (TPSA) is 45.0 Å². The zero-order valence-electron chi connectivity index (χ0n) is 6.45. The number of ether oxygens (including phenoxy) is 1. The Balaban J connectivity index is 2.30. The Morgan fingerprint density at radius 2 is 2.33 bits per heavy atom. The molecule has 1 atom stereocenters. The highest BCUT2D eigenvalue weighted by Crippen LogP contribution is 2.27. The number of fused-ring (bicyclic) bond motifs is 1. The van der Waals surface area contributed by atoms with E-state index in [1.165, 1.54) is 0 Å². The highest BCUT2D eigenvalue weighted by molar-refractivity contribution is 5.58. The monoisotopic (exact) mass is 160 g/mol. The molecule has 0 radical (unpaired) electrons. The molecule has 60 valence electrons. The predicted molar refractivity (Wildman–Crippen MR) is 45.0 cm³/mol. The van der Waals surface area contributed by atoms with Gasteiger partial charge in [-0.3, -0.25) is 0 Å². The molecule has 0 fully saturated rings. The Labute approximate surface area is 70.6 Å². The minimum absolute atomic E-state index is 0.361. The van der Waals surface area contributed by atoms with Crippen molar-refractivity contribution in [3.05, 3.63) is 24.3 Å². The Bertz CT molecular complexity index is 330. The van der Waals surface area contributed by atoms with E-state index < -0.39 is 0 Å². The van der Waals surface area contributed by atoms with Gasteiger partial charge in [-0.05, 0) is 12.1 Å². The average Bonchev–Trinajstić information content (AvgIpc) is 2.17. The van der Waals surface area contributed by atoms with Gasteiger partial charge >= 0.3 is 0 Å². The lowest BCUT2D eigenvalue weighted by molar-refractivity contribution is 0.260. The number of para-hydroxylation sites is 2. The first-order chi connectivity index (χ1) is 5.90.